The molecule has 0 radical (unpaired) electrons. The van der Waals surface area contributed by atoms with E-state index < -0.39 is 10.9 Å². The quantitative estimate of drug-likeness (QED) is 0.249. The summed E-state index contributed by atoms with van der Waals surface area (Å²) in [5.74, 6) is 3.60. The topological polar surface area (TPSA) is 86.5 Å². The van der Waals surface area contributed by atoms with E-state index in [2.05, 4.69) is 16.6 Å². The molecule has 1 aromatic carbocycles. The fraction of sp³-hybridized carbons (Fsp3) is 0.0909. The lowest BCUT2D eigenvalue weighted by Gasteiger charge is -1.96. The highest BCUT2D eigenvalue weighted by atomic mass is 16.6. The first-order valence-corrected chi connectivity index (χ1v) is 4.42. The maximum absolute atomic E-state index is 10.8. The predicted molar refractivity (Wildman–Crippen MR) is 57.4 cm³/mol. The van der Waals surface area contributed by atoms with Crippen LogP contribution in [0.4, 0.5) is 5.69 Å². The highest BCUT2D eigenvalue weighted by molar-refractivity contribution is 5.89. The van der Waals surface area contributed by atoms with E-state index in [0.717, 1.165) is 13.2 Å². The van der Waals surface area contributed by atoms with Crippen LogP contribution in [-0.2, 0) is 9.53 Å². The Morgan fingerprint density at radius 1 is 1.53 bits per heavy atom. The molecule has 0 saturated heterocycles. The monoisotopic (exact) mass is 233 g/mol. The van der Waals surface area contributed by atoms with Gasteiger partial charge in [-0.25, -0.2) is 4.79 Å². The summed E-state index contributed by atoms with van der Waals surface area (Å²) in [7, 11) is 1.15. The van der Waals surface area contributed by atoms with Gasteiger partial charge in [0.05, 0.1) is 12.0 Å². The van der Waals surface area contributed by atoms with Crippen LogP contribution in [0.5, 0.6) is 0 Å². The summed E-state index contributed by atoms with van der Waals surface area (Å²) in [6, 6.07) is 3.77. The average molecular weight is 233 g/mol. The fourth-order valence-corrected chi connectivity index (χ4v) is 1.05. The molecule has 0 saturated carbocycles. The molecule has 0 aliphatic heterocycles. The van der Waals surface area contributed by atoms with E-state index in [0.29, 0.717) is 6.29 Å². The van der Waals surface area contributed by atoms with Crippen molar-refractivity contribution in [2.45, 2.75) is 0 Å². The molecular formula is C11H7NO5. The second kappa shape index (κ2) is 5.42. The van der Waals surface area contributed by atoms with Crippen LogP contribution in [0.25, 0.3) is 0 Å². The second-order valence-corrected chi connectivity index (χ2v) is 2.89. The average Bonchev–Trinajstić information content (AvgIpc) is 2.35. The first-order chi connectivity index (χ1) is 8.08. The van der Waals surface area contributed by atoms with Gasteiger partial charge in [0.1, 0.15) is 11.8 Å². The molecule has 1 rings (SSSR count). The number of rotatable bonds is 2. The molecule has 17 heavy (non-hydrogen) atoms. The van der Waals surface area contributed by atoms with Crippen molar-refractivity contribution in [2.24, 2.45) is 0 Å². The van der Waals surface area contributed by atoms with E-state index in [1.54, 1.807) is 0 Å². The van der Waals surface area contributed by atoms with E-state index >= 15 is 0 Å². The fourth-order valence-electron chi connectivity index (χ4n) is 1.05. The molecule has 6 heteroatoms. The van der Waals surface area contributed by atoms with Gasteiger partial charge in [-0.3, -0.25) is 14.9 Å². The normalized spacial score (nSPS) is 8.76. The minimum absolute atomic E-state index is 0.0472. The van der Waals surface area contributed by atoms with Gasteiger partial charge in [0, 0.05) is 17.6 Å². The number of ether oxygens (including phenoxy) is 1. The van der Waals surface area contributed by atoms with Crippen molar-refractivity contribution >= 4 is 17.9 Å². The van der Waals surface area contributed by atoms with E-state index in [4.69, 9.17) is 0 Å². The summed E-state index contributed by atoms with van der Waals surface area (Å²) in [5.41, 5.74) is -0.114. The lowest BCUT2D eigenvalue weighted by molar-refractivity contribution is -0.385. The molecule has 0 atom stereocenters. The van der Waals surface area contributed by atoms with Crippen LogP contribution in [0.1, 0.15) is 15.9 Å². The number of hydrogen-bond acceptors (Lipinski definition) is 5. The molecule has 0 spiro atoms. The van der Waals surface area contributed by atoms with Crippen LogP contribution in [0.2, 0.25) is 0 Å². The Kier molecular flexibility index (Phi) is 3.95. The Hall–Kier alpha value is -2.68. The largest absolute Gasteiger partial charge is 0.459 e. The molecule has 0 N–H and O–H groups in total. The van der Waals surface area contributed by atoms with Gasteiger partial charge >= 0.3 is 5.97 Å². The molecule has 0 unspecified atom stereocenters. The highest BCUT2D eigenvalue weighted by Gasteiger charge is 2.12. The third kappa shape index (κ3) is 3.14. The van der Waals surface area contributed by atoms with Crippen molar-refractivity contribution in [3.63, 3.8) is 0 Å². The van der Waals surface area contributed by atoms with Gasteiger partial charge < -0.3 is 4.74 Å². The zero-order valence-electron chi connectivity index (χ0n) is 8.80. The van der Waals surface area contributed by atoms with E-state index in [9.17, 15) is 19.7 Å². The number of benzene rings is 1. The molecule has 0 bridgehead atoms. The second-order valence-electron chi connectivity index (χ2n) is 2.89. The van der Waals surface area contributed by atoms with Gasteiger partial charge in [-0.05, 0) is 18.1 Å². The maximum atomic E-state index is 10.8. The number of nitro benzene ring substituents is 1. The van der Waals surface area contributed by atoms with Crippen LogP contribution >= 0.6 is 0 Å². The molecular weight excluding hydrogens is 226 g/mol. The van der Waals surface area contributed by atoms with Crippen LogP contribution in [0, 0.1) is 22.0 Å². The van der Waals surface area contributed by atoms with E-state index in [-0.39, 0.29) is 16.8 Å². The Morgan fingerprint density at radius 3 is 2.76 bits per heavy atom. The summed E-state index contributed by atoms with van der Waals surface area (Å²) >= 11 is 0. The number of nitrogens with zero attached hydrogens (tertiary/aromatic N) is 1. The number of carbonyl (C=O) groups is 2. The number of nitro groups is 1. The Labute approximate surface area is 96.3 Å². The van der Waals surface area contributed by atoms with Crippen LogP contribution < -0.4 is 0 Å². The number of methoxy groups -OCH3 is 1. The number of hydrogen-bond donors (Lipinski definition) is 0. The molecule has 0 aliphatic rings. The minimum atomic E-state index is -0.793. The SMILES string of the molecule is COC(=O)C#Cc1ccc(C=O)cc1[N+](=O)[O-]. The summed E-state index contributed by atoms with van der Waals surface area (Å²) in [6.07, 6.45) is 0.491. The first kappa shape index (κ1) is 12.4. The van der Waals surface area contributed by atoms with Crippen molar-refractivity contribution in [3.8, 4) is 11.8 Å². The van der Waals surface area contributed by atoms with Gasteiger partial charge in [-0.15, -0.1) is 0 Å². The number of esters is 1. The third-order valence-electron chi connectivity index (χ3n) is 1.84. The lowest BCUT2D eigenvalue weighted by atomic mass is 10.1. The Bertz CT molecular complexity index is 539. The van der Waals surface area contributed by atoms with Crippen molar-refractivity contribution in [3.05, 3.63) is 39.4 Å². The third-order valence-corrected chi connectivity index (χ3v) is 1.84. The van der Waals surface area contributed by atoms with Gasteiger partial charge in [0.25, 0.3) is 5.69 Å². The van der Waals surface area contributed by atoms with Gasteiger partial charge in [-0.2, -0.15) is 0 Å². The summed E-state index contributed by atoms with van der Waals surface area (Å²) in [4.78, 5) is 31.3. The highest BCUT2D eigenvalue weighted by Crippen LogP contribution is 2.18. The molecule has 0 amide bonds. The van der Waals surface area contributed by atoms with Gasteiger partial charge in [0.15, 0.2) is 0 Å². The number of aldehydes is 1. The standard InChI is InChI=1S/C11H7NO5/c1-17-11(14)5-4-9-3-2-8(7-13)6-10(9)12(15)16/h2-3,6-7H,1H3. The molecule has 0 fully saturated rings. The van der Waals surface area contributed by atoms with E-state index in [1.807, 2.05) is 0 Å². The zero-order chi connectivity index (χ0) is 12.8. The molecule has 6 nitrogen and oxygen atoms in total. The number of carbonyl (C=O) groups excluding carboxylic acids is 2. The molecule has 0 heterocycles. The zero-order valence-corrected chi connectivity index (χ0v) is 8.80. The first-order valence-electron chi connectivity index (χ1n) is 4.42. The maximum Gasteiger partial charge on any atom is 0.384 e. The minimum Gasteiger partial charge on any atom is -0.459 e. The van der Waals surface area contributed by atoms with Crippen molar-refractivity contribution in [1.82, 2.24) is 0 Å². The van der Waals surface area contributed by atoms with Crippen molar-refractivity contribution in [2.75, 3.05) is 7.11 Å². The molecule has 0 aliphatic carbocycles. The van der Waals surface area contributed by atoms with Crippen LogP contribution in [0.15, 0.2) is 18.2 Å². The van der Waals surface area contributed by atoms with Crippen molar-refractivity contribution in [1.29, 1.82) is 0 Å². The predicted octanol–water partition coefficient (Wildman–Crippen LogP) is 0.932. The van der Waals surface area contributed by atoms with E-state index in [1.165, 1.54) is 12.1 Å². The summed E-state index contributed by atoms with van der Waals surface area (Å²) in [6.45, 7) is 0. The Morgan fingerprint density at radius 2 is 2.24 bits per heavy atom. The molecule has 86 valence electrons. The lowest BCUT2D eigenvalue weighted by Crippen LogP contribution is -1.97. The smallest absolute Gasteiger partial charge is 0.384 e. The Balaban J connectivity index is 3.22. The van der Waals surface area contributed by atoms with Crippen molar-refractivity contribution < 1.29 is 19.2 Å². The van der Waals surface area contributed by atoms with Gasteiger partial charge in [-0.1, -0.05) is 0 Å². The summed E-state index contributed by atoms with van der Waals surface area (Å²) < 4.78 is 4.28. The van der Waals surface area contributed by atoms with Crippen LogP contribution in [0.3, 0.4) is 0 Å². The summed E-state index contributed by atoms with van der Waals surface area (Å²) in [5, 5.41) is 10.7. The van der Waals surface area contributed by atoms with Crippen LogP contribution in [-0.4, -0.2) is 24.3 Å². The molecule has 0 aromatic heterocycles. The van der Waals surface area contributed by atoms with Gasteiger partial charge in [0.2, 0.25) is 0 Å². The molecule has 1 aromatic rings.